The predicted octanol–water partition coefficient (Wildman–Crippen LogP) is 3.78. The Morgan fingerprint density at radius 3 is 2.67 bits per heavy atom. The van der Waals surface area contributed by atoms with Crippen LogP contribution in [0.5, 0.6) is 0 Å². The van der Waals surface area contributed by atoms with Crippen molar-refractivity contribution in [2.75, 3.05) is 5.32 Å². The number of anilines is 1. The van der Waals surface area contributed by atoms with Crippen LogP contribution in [-0.4, -0.2) is 22.0 Å². The molecule has 0 spiro atoms. The van der Waals surface area contributed by atoms with E-state index in [-0.39, 0.29) is 19.8 Å². The van der Waals surface area contributed by atoms with Crippen molar-refractivity contribution >= 4 is 29.2 Å². The van der Waals surface area contributed by atoms with Crippen LogP contribution >= 0.6 is 0 Å². The highest BCUT2D eigenvalue weighted by atomic mass is 16.4. The zero-order chi connectivity index (χ0) is 16.6. The van der Waals surface area contributed by atoms with Gasteiger partial charge in [0.1, 0.15) is 0 Å². The zero-order valence-corrected chi connectivity index (χ0v) is 13.1. The van der Waals surface area contributed by atoms with Crippen LogP contribution < -0.4 is 5.32 Å². The number of carbonyl (C=O) groups is 2. The Morgan fingerprint density at radius 1 is 1.25 bits per heavy atom. The van der Waals surface area contributed by atoms with Crippen molar-refractivity contribution in [2.24, 2.45) is 0 Å². The maximum absolute atomic E-state index is 12.2. The zero-order valence-electron chi connectivity index (χ0n) is 13.1. The van der Waals surface area contributed by atoms with Crippen LogP contribution in [0, 0.1) is 13.8 Å². The van der Waals surface area contributed by atoms with Gasteiger partial charge in [0.15, 0.2) is 0 Å². The number of para-hydroxylation sites is 1. The van der Waals surface area contributed by atoms with Crippen LogP contribution in [0.15, 0.2) is 24.3 Å². The van der Waals surface area contributed by atoms with Crippen LogP contribution in [0.2, 0.25) is 0 Å². The third kappa shape index (κ3) is 3.11. The molecular formula is C19H22N2O3. The minimum absolute atomic E-state index is 0. The van der Waals surface area contributed by atoms with Crippen LogP contribution in [-0.2, 0) is 16.0 Å². The third-order valence-electron chi connectivity index (χ3n) is 4.22. The maximum Gasteiger partial charge on any atom is 0.303 e. The largest absolute Gasteiger partial charge is 0.481 e. The van der Waals surface area contributed by atoms with Gasteiger partial charge in [-0.2, -0.15) is 0 Å². The van der Waals surface area contributed by atoms with Gasteiger partial charge in [-0.1, -0.05) is 25.6 Å². The lowest BCUT2D eigenvalue weighted by Crippen LogP contribution is -2.03. The Morgan fingerprint density at radius 2 is 1.96 bits per heavy atom. The number of hydrogen-bond donors (Lipinski definition) is 3. The number of carboxylic acid groups (broad SMARTS) is 1. The number of nitrogens with one attached hydrogen (secondary N) is 2. The van der Waals surface area contributed by atoms with Gasteiger partial charge in [-0.25, -0.2) is 0 Å². The Kier molecular flexibility index (Phi) is 4.93. The Hall–Kier alpha value is -2.82. The van der Waals surface area contributed by atoms with E-state index in [0.29, 0.717) is 12.0 Å². The van der Waals surface area contributed by atoms with E-state index < -0.39 is 5.97 Å². The molecule has 2 aromatic rings. The number of aryl methyl sites for hydroxylation is 1. The SMILES string of the molecule is C.Cc1[nH]c(/C=C2\C(=O)Nc3ccccc32)c(C)c1CCC(=O)O. The van der Waals surface area contributed by atoms with E-state index in [1.165, 1.54) is 0 Å². The predicted molar refractivity (Wildman–Crippen MR) is 95.9 cm³/mol. The molecule has 24 heavy (non-hydrogen) atoms. The van der Waals surface area contributed by atoms with Crippen molar-refractivity contribution in [1.82, 2.24) is 4.98 Å². The molecule has 1 aromatic heterocycles. The summed E-state index contributed by atoms with van der Waals surface area (Å²) >= 11 is 0. The number of hydrogen-bond acceptors (Lipinski definition) is 2. The number of amides is 1. The number of aliphatic carboxylic acids is 1. The molecule has 5 heteroatoms. The normalized spacial score (nSPS) is 14.2. The molecule has 1 aromatic carbocycles. The van der Waals surface area contributed by atoms with E-state index in [9.17, 15) is 9.59 Å². The lowest BCUT2D eigenvalue weighted by atomic mass is 10.0. The number of aromatic nitrogens is 1. The second kappa shape index (κ2) is 6.74. The molecule has 0 fully saturated rings. The van der Waals surface area contributed by atoms with Crippen molar-refractivity contribution in [1.29, 1.82) is 0 Å². The van der Waals surface area contributed by atoms with Gasteiger partial charge in [0.2, 0.25) is 0 Å². The molecule has 0 radical (unpaired) electrons. The highest BCUT2D eigenvalue weighted by Gasteiger charge is 2.24. The summed E-state index contributed by atoms with van der Waals surface area (Å²) in [4.78, 5) is 26.2. The summed E-state index contributed by atoms with van der Waals surface area (Å²) < 4.78 is 0. The summed E-state index contributed by atoms with van der Waals surface area (Å²) in [5, 5.41) is 11.7. The van der Waals surface area contributed by atoms with Crippen LogP contribution in [0.4, 0.5) is 5.69 Å². The number of benzene rings is 1. The van der Waals surface area contributed by atoms with Crippen LogP contribution in [0.25, 0.3) is 11.6 Å². The smallest absolute Gasteiger partial charge is 0.303 e. The van der Waals surface area contributed by atoms with Gasteiger partial charge in [0, 0.05) is 29.1 Å². The van der Waals surface area contributed by atoms with Gasteiger partial charge < -0.3 is 15.4 Å². The topological polar surface area (TPSA) is 82.2 Å². The quantitative estimate of drug-likeness (QED) is 0.748. The maximum atomic E-state index is 12.2. The molecule has 0 aliphatic carbocycles. The molecule has 0 bridgehead atoms. The van der Waals surface area contributed by atoms with Crippen LogP contribution in [0.1, 0.15) is 41.9 Å². The Balaban J connectivity index is 0.00000208. The summed E-state index contributed by atoms with van der Waals surface area (Å²) in [7, 11) is 0. The van der Waals surface area contributed by atoms with E-state index in [0.717, 1.165) is 33.8 Å². The van der Waals surface area contributed by atoms with E-state index in [1.807, 2.05) is 44.2 Å². The van der Waals surface area contributed by atoms with Crippen molar-refractivity contribution in [3.05, 3.63) is 52.3 Å². The highest BCUT2D eigenvalue weighted by molar-refractivity contribution is 6.34. The second-order valence-electron chi connectivity index (χ2n) is 5.72. The average molecular weight is 326 g/mol. The molecular weight excluding hydrogens is 304 g/mol. The minimum Gasteiger partial charge on any atom is -0.481 e. The monoisotopic (exact) mass is 326 g/mol. The lowest BCUT2D eigenvalue weighted by molar-refractivity contribution is -0.137. The molecule has 2 heterocycles. The van der Waals surface area contributed by atoms with Crippen molar-refractivity contribution in [3.63, 3.8) is 0 Å². The van der Waals surface area contributed by atoms with Gasteiger partial charge in [-0.15, -0.1) is 0 Å². The number of aromatic amines is 1. The van der Waals surface area contributed by atoms with Crippen LogP contribution in [0.3, 0.4) is 0 Å². The molecule has 5 nitrogen and oxygen atoms in total. The standard InChI is InChI=1S/C18H18N2O3.CH4/c1-10-12(7-8-17(21)22)11(2)19-16(10)9-14-13-5-3-4-6-15(13)20-18(14)23;/h3-6,9,19H,7-8H2,1-2H3,(H,20,23)(H,21,22);1H4/b14-9-;. The Bertz CT molecular complexity index is 831. The van der Waals surface area contributed by atoms with Gasteiger partial charge in [0.25, 0.3) is 5.91 Å². The first-order chi connectivity index (χ1) is 11.0. The van der Waals surface area contributed by atoms with Gasteiger partial charge in [-0.05, 0) is 43.5 Å². The Labute approximate surface area is 141 Å². The van der Waals surface area contributed by atoms with E-state index in [2.05, 4.69) is 10.3 Å². The fourth-order valence-electron chi connectivity index (χ4n) is 2.99. The first-order valence-electron chi connectivity index (χ1n) is 7.49. The third-order valence-corrected chi connectivity index (χ3v) is 4.22. The lowest BCUT2D eigenvalue weighted by Gasteiger charge is -2.00. The van der Waals surface area contributed by atoms with Gasteiger partial charge in [-0.3, -0.25) is 9.59 Å². The molecule has 0 saturated carbocycles. The molecule has 0 saturated heterocycles. The molecule has 1 aliphatic heterocycles. The van der Waals surface area contributed by atoms with Gasteiger partial charge >= 0.3 is 5.97 Å². The summed E-state index contributed by atoms with van der Waals surface area (Å²) in [6.07, 6.45) is 2.42. The summed E-state index contributed by atoms with van der Waals surface area (Å²) in [6.45, 7) is 3.88. The van der Waals surface area contributed by atoms with E-state index in [1.54, 1.807) is 0 Å². The summed E-state index contributed by atoms with van der Waals surface area (Å²) in [5.41, 5.74) is 6.12. The first-order valence-corrected chi connectivity index (χ1v) is 7.49. The molecule has 0 atom stereocenters. The molecule has 3 rings (SSSR count). The summed E-state index contributed by atoms with van der Waals surface area (Å²) in [5.74, 6) is -0.932. The fraction of sp³-hybridized carbons (Fsp3) is 0.263. The molecule has 1 amide bonds. The number of carbonyl (C=O) groups excluding carboxylic acids is 1. The highest BCUT2D eigenvalue weighted by Crippen LogP contribution is 2.33. The minimum atomic E-state index is -0.811. The second-order valence-corrected chi connectivity index (χ2v) is 5.72. The summed E-state index contributed by atoms with van der Waals surface area (Å²) in [6, 6.07) is 7.57. The number of carboxylic acids is 1. The fourth-order valence-corrected chi connectivity index (χ4v) is 2.99. The van der Waals surface area contributed by atoms with Crippen molar-refractivity contribution < 1.29 is 14.7 Å². The molecule has 0 unspecified atom stereocenters. The number of fused-ring (bicyclic) bond motifs is 1. The molecule has 1 aliphatic rings. The number of rotatable bonds is 4. The average Bonchev–Trinajstić information content (AvgIpc) is 2.95. The first kappa shape index (κ1) is 17.5. The van der Waals surface area contributed by atoms with E-state index >= 15 is 0 Å². The van der Waals surface area contributed by atoms with Gasteiger partial charge in [0.05, 0.1) is 5.57 Å². The number of H-pyrrole nitrogens is 1. The molecule has 126 valence electrons. The van der Waals surface area contributed by atoms with E-state index in [4.69, 9.17) is 5.11 Å². The van der Waals surface area contributed by atoms with Crippen molar-refractivity contribution in [2.45, 2.75) is 34.1 Å². The van der Waals surface area contributed by atoms with Crippen molar-refractivity contribution in [3.8, 4) is 0 Å². The molecule has 3 N–H and O–H groups in total.